The monoisotopic (exact) mass is 146 g/mol. The molecule has 0 aromatic heterocycles. The summed E-state index contributed by atoms with van der Waals surface area (Å²) in [5.41, 5.74) is 2.66. The zero-order valence-electron chi connectivity index (χ0n) is 5.31. The zero-order chi connectivity index (χ0) is 5.98. The van der Waals surface area contributed by atoms with Gasteiger partial charge in [0, 0.05) is 0 Å². The van der Waals surface area contributed by atoms with Crippen LogP contribution in [0.3, 0.4) is 0 Å². The van der Waals surface area contributed by atoms with Crippen LogP contribution in [0.2, 0.25) is 0 Å². The van der Waals surface area contributed by atoms with Crippen LogP contribution < -0.4 is 0 Å². The van der Waals surface area contributed by atoms with Gasteiger partial charge in [-0.05, 0) is 13.8 Å². The first-order valence-electron chi connectivity index (χ1n) is 2.82. The van der Waals surface area contributed by atoms with Crippen molar-refractivity contribution in [2.75, 3.05) is 0 Å². The molecule has 0 fully saturated rings. The van der Waals surface area contributed by atoms with E-state index >= 15 is 0 Å². The number of aryl methyl sites for hydroxylation is 2. The number of hydrogen-bond donors (Lipinski definition) is 0. The molecule has 0 atom stereocenters. The van der Waals surface area contributed by atoms with Crippen LogP contribution in [-0.4, -0.2) is 51.4 Å². The summed E-state index contributed by atoms with van der Waals surface area (Å²) in [5, 5.41) is 0. The molecule has 0 radical (unpaired) electrons. The van der Waals surface area contributed by atoms with Crippen molar-refractivity contribution in [2.45, 2.75) is 13.8 Å². The zero-order valence-corrected chi connectivity index (χ0v) is 5.31. The first kappa shape index (κ1) is 9.86. The number of hydrogen-bond acceptors (Lipinski definition) is 0. The number of rotatable bonds is 0. The molecule has 1 heteroatoms. The molecule has 9 heavy (non-hydrogen) atoms. The van der Waals surface area contributed by atoms with Crippen LogP contribution in [0.15, 0.2) is 24.3 Å². The van der Waals surface area contributed by atoms with Gasteiger partial charge in [0.1, 0.15) is 0 Å². The Kier molecular flexibility index (Phi) is 5.08. The molecule has 0 amide bonds. The predicted octanol–water partition coefficient (Wildman–Crippen LogP) is 1.65. The quantitative estimate of drug-likeness (QED) is 0.488. The summed E-state index contributed by atoms with van der Waals surface area (Å²) in [6.07, 6.45) is 0. The average molecular weight is 146 g/mol. The third-order valence-electron chi connectivity index (χ3n) is 1.22. The molecule has 1 aromatic rings. The first-order chi connectivity index (χ1) is 3.79. The van der Waals surface area contributed by atoms with Gasteiger partial charge in [0.2, 0.25) is 0 Å². The Morgan fingerprint density at radius 2 is 1.00 bits per heavy atom. The van der Waals surface area contributed by atoms with Crippen LogP contribution in [0.1, 0.15) is 11.1 Å². The van der Waals surface area contributed by atoms with Crippen LogP contribution >= 0.6 is 0 Å². The molecule has 0 unspecified atom stereocenters. The molecule has 0 bridgehead atoms. The van der Waals surface area contributed by atoms with Crippen LogP contribution in [-0.2, 0) is 0 Å². The van der Waals surface area contributed by atoms with Gasteiger partial charge < -0.3 is 0 Å². The standard InChI is InChI=1S/C8H10.K.H/c1-7-3-5-8(2)6-4-7;;/h3-6H,1-2H3;;. The van der Waals surface area contributed by atoms with Crippen molar-refractivity contribution in [3.8, 4) is 0 Å². The fraction of sp³-hybridized carbons (Fsp3) is 0.250. The Labute approximate surface area is 99.1 Å². The van der Waals surface area contributed by atoms with Gasteiger partial charge in [-0.25, -0.2) is 0 Å². The topological polar surface area (TPSA) is 0 Å². The molecule has 1 aromatic carbocycles. The predicted molar refractivity (Wildman–Crippen MR) is 43.1 cm³/mol. The van der Waals surface area contributed by atoms with Crippen LogP contribution in [0, 0.1) is 13.8 Å². The van der Waals surface area contributed by atoms with Crippen LogP contribution in [0.4, 0.5) is 0 Å². The van der Waals surface area contributed by atoms with E-state index in [0.29, 0.717) is 0 Å². The van der Waals surface area contributed by atoms with Crippen molar-refractivity contribution in [1.29, 1.82) is 0 Å². The molecule has 0 aliphatic heterocycles. The van der Waals surface area contributed by atoms with Crippen molar-refractivity contribution in [3.05, 3.63) is 35.4 Å². The molecular weight excluding hydrogens is 135 g/mol. The van der Waals surface area contributed by atoms with E-state index in [1.165, 1.54) is 11.1 Å². The van der Waals surface area contributed by atoms with Gasteiger partial charge in [-0.15, -0.1) is 0 Å². The fourth-order valence-corrected chi connectivity index (χ4v) is 0.637. The third kappa shape index (κ3) is 3.53. The minimum absolute atomic E-state index is 0. The fourth-order valence-electron chi connectivity index (χ4n) is 0.637. The summed E-state index contributed by atoms with van der Waals surface area (Å²) in [5.74, 6) is 0. The van der Waals surface area contributed by atoms with E-state index < -0.39 is 0 Å². The molecule has 0 aliphatic rings. The molecule has 0 spiro atoms. The molecule has 0 saturated heterocycles. The van der Waals surface area contributed by atoms with Crippen molar-refractivity contribution < 1.29 is 0 Å². The van der Waals surface area contributed by atoms with Gasteiger partial charge in [-0.1, -0.05) is 35.4 Å². The second-order valence-corrected chi connectivity index (χ2v) is 2.15. The summed E-state index contributed by atoms with van der Waals surface area (Å²) in [7, 11) is 0. The van der Waals surface area contributed by atoms with Crippen molar-refractivity contribution >= 4 is 51.4 Å². The van der Waals surface area contributed by atoms with Crippen molar-refractivity contribution in [2.24, 2.45) is 0 Å². The van der Waals surface area contributed by atoms with Gasteiger partial charge >= 0.3 is 51.4 Å². The molecule has 1 rings (SSSR count). The summed E-state index contributed by atoms with van der Waals surface area (Å²) < 4.78 is 0. The Morgan fingerprint density at radius 1 is 0.778 bits per heavy atom. The summed E-state index contributed by atoms with van der Waals surface area (Å²) in [4.78, 5) is 0. The van der Waals surface area contributed by atoms with Gasteiger partial charge in [0.05, 0.1) is 0 Å². The molecule has 0 nitrogen and oxygen atoms in total. The Balaban J connectivity index is 0.000000640. The molecule has 44 valence electrons. The second kappa shape index (κ2) is 4.64. The van der Waals surface area contributed by atoms with E-state index in [4.69, 9.17) is 0 Å². The van der Waals surface area contributed by atoms with Gasteiger partial charge in [-0.3, -0.25) is 0 Å². The summed E-state index contributed by atoms with van der Waals surface area (Å²) in [6, 6.07) is 8.48. The molecule has 0 heterocycles. The normalized spacial score (nSPS) is 8.22. The third-order valence-corrected chi connectivity index (χ3v) is 1.22. The average Bonchev–Trinajstić information content (AvgIpc) is 1.77. The van der Waals surface area contributed by atoms with Gasteiger partial charge in [-0.2, -0.15) is 0 Å². The van der Waals surface area contributed by atoms with Gasteiger partial charge in [0.25, 0.3) is 0 Å². The molecule has 0 N–H and O–H groups in total. The molecular formula is C8H11K. The maximum atomic E-state index is 2.12. The molecule has 0 aliphatic carbocycles. The number of benzene rings is 1. The van der Waals surface area contributed by atoms with E-state index in [1.807, 2.05) is 0 Å². The van der Waals surface area contributed by atoms with Crippen LogP contribution in [0.25, 0.3) is 0 Å². The summed E-state index contributed by atoms with van der Waals surface area (Å²) >= 11 is 0. The van der Waals surface area contributed by atoms with E-state index in [2.05, 4.69) is 38.1 Å². The van der Waals surface area contributed by atoms with Crippen molar-refractivity contribution in [1.82, 2.24) is 0 Å². The minimum atomic E-state index is 0. The van der Waals surface area contributed by atoms with Gasteiger partial charge in [0.15, 0.2) is 0 Å². The Hall–Kier alpha value is 0.856. The second-order valence-electron chi connectivity index (χ2n) is 2.15. The Bertz CT molecular complexity index is 143. The Morgan fingerprint density at radius 3 is 1.22 bits per heavy atom. The maximum absolute atomic E-state index is 2.12. The van der Waals surface area contributed by atoms with E-state index in [9.17, 15) is 0 Å². The summed E-state index contributed by atoms with van der Waals surface area (Å²) in [6.45, 7) is 4.19. The first-order valence-corrected chi connectivity index (χ1v) is 2.82. The molecule has 0 saturated carbocycles. The van der Waals surface area contributed by atoms with E-state index in [0.717, 1.165) is 0 Å². The van der Waals surface area contributed by atoms with E-state index in [1.54, 1.807) is 0 Å². The van der Waals surface area contributed by atoms with Crippen molar-refractivity contribution in [3.63, 3.8) is 0 Å². The van der Waals surface area contributed by atoms with Crippen LogP contribution in [0.5, 0.6) is 0 Å². The SMILES string of the molecule is Cc1ccc(C)cc1.[KH]. The van der Waals surface area contributed by atoms with E-state index in [-0.39, 0.29) is 51.4 Å².